The standard InChI is InChI=1S/C34H37N5O4/c1-21-16-26(40)17-22(2)27(21)20-28(35)34(43)39-15-7-11-31(39)33(42)38-30(18-23-8-4-3-5-9-23)32(41)37-25-12-13-29-24(19-25)10-6-14-36-29/h3-6,8-10,12-14,16-17,19,28,30-31,40H,7,11,15,18,20,35H2,1-2H3,(H,37,41)(H,38,42)/t28-,30-,31-/m0/s1. The summed E-state index contributed by atoms with van der Waals surface area (Å²) in [6.45, 7) is 4.16. The predicted octanol–water partition coefficient (Wildman–Crippen LogP) is 3.78. The summed E-state index contributed by atoms with van der Waals surface area (Å²) in [6, 6.07) is 19.6. The number of phenolic OH excluding ortho intramolecular Hbond substituents is 1. The van der Waals surface area contributed by atoms with Crippen LogP contribution in [-0.4, -0.2) is 57.4 Å². The monoisotopic (exact) mass is 579 g/mol. The summed E-state index contributed by atoms with van der Waals surface area (Å²) in [5, 5.41) is 16.6. The van der Waals surface area contributed by atoms with Gasteiger partial charge in [0.15, 0.2) is 0 Å². The highest BCUT2D eigenvalue weighted by Gasteiger charge is 2.37. The Balaban J connectivity index is 1.30. The highest BCUT2D eigenvalue weighted by atomic mass is 16.3. The average molecular weight is 580 g/mol. The van der Waals surface area contributed by atoms with E-state index >= 15 is 0 Å². The first-order chi connectivity index (χ1) is 20.7. The number of anilines is 1. The molecule has 1 aliphatic rings. The largest absolute Gasteiger partial charge is 0.508 e. The zero-order valence-electron chi connectivity index (χ0n) is 24.4. The molecule has 0 unspecified atom stereocenters. The van der Waals surface area contributed by atoms with Crippen LogP contribution in [0.4, 0.5) is 5.69 Å². The number of nitrogens with one attached hydrogen (secondary N) is 2. The number of amides is 3. The van der Waals surface area contributed by atoms with Crippen molar-refractivity contribution in [2.45, 2.75) is 57.7 Å². The Labute approximate surface area is 251 Å². The zero-order chi connectivity index (χ0) is 30.5. The van der Waals surface area contributed by atoms with E-state index in [0.29, 0.717) is 31.5 Å². The molecule has 3 atom stereocenters. The molecule has 0 saturated carbocycles. The third kappa shape index (κ3) is 7.01. The lowest BCUT2D eigenvalue weighted by molar-refractivity contribution is -0.140. The average Bonchev–Trinajstić information content (AvgIpc) is 3.49. The van der Waals surface area contributed by atoms with Crippen LogP contribution in [-0.2, 0) is 27.2 Å². The Hall–Kier alpha value is -4.76. The third-order valence-corrected chi connectivity index (χ3v) is 8.05. The summed E-state index contributed by atoms with van der Waals surface area (Å²) < 4.78 is 0. The fourth-order valence-electron chi connectivity index (χ4n) is 5.83. The fraction of sp³-hybridized carbons (Fsp3) is 0.294. The number of fused-ring (bicyclic) bond motifs is 1. The summed E-state index contributed by atoms with van der Waals surface area (Å²) in [5.41, 5.74) is 11.3. The van der Waals surface area contributed by atoms with E-state index < -0.39 is 18.1 Å². The zero-order valence-corrected chi connectivity index (χ0v) is 24.4. The molecule has 2 heterocycles. The van der Waals surface area contributed by atoms with Gasteiger partial charge in [0, 0.05) is 30.2 Å². The number of pyridine rings is 1. The van der Waals surface area contributed by atoms with Crippen molar-refractivity contribution in [3.05, 3.63) is 101 Å². The van der Waals surface area contributed by atoms with Gasteiger partial charge >= 0.3 is 0 Å². The lowest BCUT2D eigenvalue weighted by Gasteiger charge is -2.29. The van der Waals surface area contributed by atoms with Crippen molar-refractivity contribution in [1.29, 1.82) is 0 Å². The quantitative estimate of drug-likeness (QED) is 0.238. The van der Waals surface area contributed by atoms with Gasteiger partial charge in [-0.25, -0.2) is 0 Å². The SMILES string of the molecule is Cc1cc(O)cc(C)c1C[C@H](N)C(=O)N1CCC[C@H]1C(=O)N[C@@H](Cc1ccccc1)C(=O)Nc1ccc2ncccc2c1. The maximum absolute atomic E-state index is 13.7. The minimum Gasteiger partial charge on any atom is -0.508 e. The number of aromatic nitrogens is 1. The molecule has 1 aromatic heterocycles. The Morgan fingerprint density at radius 3 is 2.49 bits per heavy atom. The summed E-state index contributed by atoms with van der Waals surface area (Å²) in [4.78, 5) is 46.6. The van der Waals surface area contributed by atoms with Crippen LogP contribution in [0.15, 0.2) is 79.0 Å². The highest BCUT2D eigenvalue weighted by molar-refractivity contribution is 6.00. The van der Waals surface area contributed by atoms with E-state index in [9.17, 15) is 19.5 Å². The van der Waals surface area contributed by atoms with Gasteiger partial charge in [-0.2, -0.15) is 0 Å². The number of nitrogens with zero attached hydrogens (tertiary/aromatic N) is 2. The molecule has 4 aromatic rings. The van der Waals surface area contributed by atoms with Crippen molar-refractivity contribution in [1.82, 2.24) is 15.2 Å². The minimum atomic E-state index is -0.868. The lowest BCUT2D eigenvalue weighted by Crippen LogP contribution is -2.55. The molecule has 3 amide bonds. The van der Waals surface area contributed by atoms with Crippen LogP contribution in [0.3, 0.4) is 0 Å². The van der Waals surface area contributed by atoms with Crippen molar-refractivity contribution >= 4 is 34.3 Å². The Morgan fingerprint density at radius 2 is 1.74 bits per heavy atom. The van der Waals surface area contributed by atoms with E-state index in [1.54, 1.807) is 29.3 Å². The number of rotatable bonds is 9. The molecule has 0 spiro atoms. The number of benzene rings is 3. The Kier molecular flexibility index (Phi) is 9.01. The summed E-state index contributed by atoms with van der Waals surface area (Å²) >= 11 is 0. The molecule has 222 valence electrons. The van der Waals surface area contributed by atoms with Crippen molar-refractivity contribution in [2.75, 3.05) is 11.9 Å². The first-order valence-corrected chi connectivity index (χ1v) is 14.5. The van der Waals surface area contributed by atoms with Gasteiger partial charge in [0.05, 0.1) is 11.6 Å². The van der Waals surface area contributed by atoms with Gasteiger partial charge in [-0.15, -0.1) is 0 Å². The molecule has 0 radical (unpaired) electrons. The van der Waals surface area contributed by atoms with Crippen molar-refractivity contribution in [3.8, 4) is 5.75 Å². The Morgan fingerprint density at radius 1 is 1.00 bits per heavy atom. The van der Waals surface area contributed by atoms with Crippen LogP contribution >= 0.6 is 0 Å². The number of phenols is 1. The molecule has 1 fully saturated rings. The van der Waals surface area contributed by atoms with E-state index in [1.807, 2.05) is 68.4 Å². The van der Waals surface area contributed by atoms with Gasteiger partial charge in [-0.1, -0.05) is 36.4 Å². The number of hydrogen-bond donors (Lipinski definition) is 4. The van der Waals surface area contributed by atoms with Crippen LogP contribution in [0.1, 0.15) is 35.1 Å². The molecule has 0 aliphatic carbocycles. The van der Waals surface area contributed by atoms with E-state index in [0.717, 1.165) is 33.2 Å². The van der Waals surface area contributed by atoms with Gasteiger partial charge in [-0.05, 0) is 91.8 Å². The second-order valence-electron chi connectivity index (χ2n) is 11.2. The molecule has 3 aromatic carbocycles. The molecule has 1 saturated heterocycles. The van der Waals surface area contributed by atoms with E-state index in [4.69, 9.17) is 5.73 Å². The van der Waals surface area contributed by atoms with Crippen LogP contribution in [0, 0.1) is 13.8 Å². The van der Waals surface area contributed by atoms with Crippen LogP contribution < -0.4 is 16.4 Å². The van der Waals surface area contributed by atoms with Gasteiger partial charge in [0.1, 0.15) is 17.8 Å². The number of likely N-dealkylation sites (tertiary alicyclic amines) is 1. The molecule has 0 bridgehead atoms. The van der Waals surface area contributed by atoms with Crippen molar-refractivity contribution in [3.63, 3.8) is 0 Å². The van der Waals surface area contributed by atoms with E-state index in [2.05, 4.69) is 15.6 Å². The summed E-state index contributed by atoms with van der Waals surface area (Å²) in [5.74, 6) is -0.875. The topological polar surface area (TPSA) is 138 Å². The highest BCUT2D eigenvalue weighted by Crippen LogP contribution is 2.24. The number of carbonyl (C=O) groups excluding carboxylic acids is 3. The number of aromatic hydroxyl groups is 1. The summed E-state index contributed by atoms with van der Waals surface area (Å²) in [6.07, 6.45) is 3.44. The van der Waals surface area contributed by atoms with Crippen molar-refractivity contribution in [2.24, 2.45) is 5.73 Å². The van der Waals surface area contributed by atoms with Crippen LogP contribution in [0.2, 0.25) is 0 Å². The minimum absolute atomic E-state index is 0.168. The predicted molar refractivity (Wildman–Crippen MR) is 166 cm³/mol. The van der Waals surface area contributed by atoms with Crippen molar-refractivity contribution < 1.29 is 19.5 Å². The second-order valence-corrected chi connectivity index (χ2v) is 11.2. The van der Waals surface area contributed by atoms with Gasteiger partial charge in [0.25, 0.3) is 0 Å². The molecular formula is C34H37N5O4. The smallest absolute Gasteiger partial charge is 0.247 e. The maximum atomic E-state index is 13.7. The summed E-state index contributed by atoms with van der Waals surface area (Å²) in [7, 11) is 0. The number of hydrogen-bond acceptors (Lipinski definition) is 6. The molecular weight excluding hydrogens is 542 g/mol. The van der Waals surface area contributed by atoms with Gasteiger partial charge < -0.3 is 26.4 Å². The number of aryl methyl sites for hydroxylation is 2. The molecule has 1 aliphatic heterocycles. The van der Waals surface area contributed by atoms with Crippen LogP contribution in [0.25, 0.3) is 10.9 Å². The lowest BCUT2D eigenvalue weighted by atomic mass is 9.95. The molecule has 5 N–H and O–H groups in total. The molecule has 9 heteroatoms. The normalized spacial score (nSPS) is 16.1. The Bertz CT molecular complexity index is 1620. The van der Waals surface area contributed by atoms with Crippen LogP contribution in [0.5, 0.6) is 5.75 Å². The van der Waals surface area contributed by atoms with E-state index in [1.165, 1.54) is 0 Å². The third-order valence-electron chi connectivity index (χ3n) is 8.05. The number of nitrogens with two attached hydrogens (primary N) is 1. The molecule has 5 rings (SSSR count). The van der Waals surface area contributed by atoms with E-state index in [-0.39, 0.29) is 29.9 Å². The fourth-order valence-corrected chi connectivity index (χ4v) is 5.83. The molecule has 9 nitrogen and oxygen atoms in total. The second kappa shape index (κ2) is 13.0. The van der Waals surface area contributed by atoms with Gasteiger partial charge in [-0.3, -0.25) is 19.4 Å². The van der Waals surface area contributed by atoms with Gasteiger partial charge in [0.2, 0.25) is 17.7 Å². The first kappa shape index (κ1) is 29.7. The first-order valence-electron chi connectivity index (χ1n) is 14.5. The molecule has 43 heavy (non-hydrogen) atoms. The number of carbonyl (C=O) groups is 3. The maximum Gasteiger partial charge on any atom is 0.247 e.